The molecule has 0 aromatic heterocycles. The monoisotopic (exact) mass is 662 g/mol. The lowest BCUT2D eigenvalue weighted by molar-refractivity contribution is -0.123. The van der Waals surface area contributed by atoms with Gasteiger partial charge in [-0.3, -0.25) is 4.79 Å². The Morgan fingerprint density at radius 3 is 1.49 bits per heavy atom. The van der Waals surface area contributed by atoms with Gasteiger partial charge in [0.15, 0.2) is 0 Å². The van der Waals surface area contributed by atoms with E-state index in [0.29, 0.717) is 32.4 Å². The fourth-order valence-electron chi connectivity index (χ4n) is 5.39. The van der Waals surface area contributed by atoms with Gasteiger partial charge in [0.1, 0.15) is 40.4 Å². The van der Waals surface area contributed by atoms with Gasteiger partial charge in [0, 0.05) is 13.1 Å². The summed E-state index contributed by atoms with van der Waals surface area (Å²) in [5, 5.41) is 12.6. The van der Waals surface area contributed by atoms with E-state index in [1.807, 2.05) is 20.8 Å². The molecule has 0 aliphatic carbocycles. The molecule has 0 radical (unpaired) electrons. The van der Waals surface area contributed by atoms with Crippen LogP contribution in [0.15, 0.2) is 91.0 Å². The van der Waals surface area contributed by atoms with Crippen LogP contribution < -0.4 is 31.9 Å². The highest BCUT2D eigenvalue weighted by Gasteiger charge is 2.44. The summed E-state index contributed by atoms with van der Waals surface area (Å²) in [5.41, 5.74) is -1.26. The van der Waals surface area contributed by atoms with Gasteiger partial charge in [0.05, 0.1) is 6.16 Å². The smallest absolute Gasteiger partial charge is 0.408 e. The molecule has 0 spiro atoms. The molecule has 0 heterocycles. The van der Waals surface area contributed by atoms with Crippen LogP contribution in [-0.4, -0.2) is 54.6 Å². The molecule has 8 nitrogen and oxygen atoms in total. The molecule has 0 saturated heterocycles. The van der Waals surface area contributed by atoms with Gasteiger partial charge in [-0.2, -0.15) is 0 Å². The van der Waals surface area contributed by atoms with Gasteiger partial charge in [-0.15, -0.1) is 0 Å². The Kier molecular flexibility index (Phi) is 14.3. The second-order valence-corrected chi connectivity index (χ2v) is 17.3. The first kappa shape index (κ1) is 37.6. The van der Waals surface area contributed by atoms with Crippen molar-refractivity contribution in [3.8, 4) is 0 Å². The Labute approximate surface area is 281 Å². The molecular weight excluding hydrogens is 609 g/mol. The predicted octanol–water partition coefficient (Wildman–Crippen LogP) is 6.47. The molecule has 0 aliphatic rings. The van der Waals surface area contributed by atoms with Crippen molar-refractivity contribution in [2.24, 2.45) is 0 Å². The quantitative estimate of drug-likeness (QED) is 0.128. The third-order valence-electron chi connectivity index (χ3n) is 7.41. The standard InChI is InChI=1S/C38H52N3O5P/c1-37(2,3)45-35(43)40-28-17-16-26-33(41-36(44)46-38(4,5)6)34(42)39-27-18-19-29-47(30-20-10-7-11-21-30,31-22-12-8-13-23-31)32-24-14-9-15-25-32/h7-15,20-25,33H,16-19,26-29H2,1-6H3,(H2-,39,40,41,42,43,44)/p+1. The summed E-state index contributed by atoms with van der Waals surface area (Å²) in [5.74, 6) is -0.244. The van der Waals surface area contributed by atoms with Crippen LogP contribution >= 0.6 is 7.26 Å². The summed E-state index contributed by atoms with van der Waals surface area (Å²) in [6.45, 7) is 11.7. The zero-order chi connectivity index (χ0) is 34.3. The van der Waals surface area contributed by atoms with Crippen molar-refractivity contribution < 1.29 is 23.9 Å². The molecular formula is C38H53N3O5P+. The summed E-state index contributed by atoms with van der Waals surface area (Å²) in [6, 6.07) is 31.5. The average molecular weight is 663 g/mol. The molecule has 3 N–H and O–H groups in total. The molecule has 3 aromatic carbocycles. The maximum Gasteiger partial charge on any atom is 0.408 e. The van der Waals surface area contributed by atoms with Crippen LogP contribution in [0, 0.1) is 0 Å². The molecule has 0 aliphatic heterocycles. The van der Waals surface area contributed by atoms with Crippen molar-refractivity contribution >= 4 is 41.3 Å². The molecule has 0 saturated carbocycles. The summed E-state index contributed by atoms with van der Waals surface area (Å²) in [6.07, 6.45) is 3.21. The summed E-state index contributed by atoms with van der Waals surface area (Å²) >= 11 is 0. The summed E-state index contributed by atoms with van der Waals surface area (Å²) in [4.78, 5) is 37.9. The van der Waals surface area contributed by atoms with Crippen LogP contribution in [0.25, 0.3) is 0 Å². The highest BCUT2D eigenvalue weighted by Crippen LogP contribution is 2.55. The number of carbonyl (C=O) groups excluding carboxylic acids is 3. The Morgan fingerprint density at radius 1 is 0.596 bits per heavy atom. The Morgan fingerprint density at radius 2 is 1.02 bits per heavy atom. The third kappa shape index (κ3) is 12.7. The van der Waals surface area contributed by atoms with E-state index in [0.717, 1.165) is 19.0 Å². The maximum absolute atomic E-state index is 13.3. The predicted molar refractivity (Wildman–Crippen MR) is 194 cm³/mol. The van der Waals surface area contributed by atoms with Crippen LogP contribution in [0.1, 0.15) is 73.6 Å². The largest absolute Gasteiger partial charge is 0.444 e. The number of nitrogens with one attached hydrogen (secondary N) is 3. The zero-order valence-corrected chi connectivity index (χ0v) is 29.8. The van der Waals surface area contributed by atoms with Gasteiger partial charge in [-0.1, -0.05) is 54.6 Å². The Hall–Kier alpha value is -3.90. The second-order valence-electron chi connectivity index (χ2n) is 13.7. The highest BCUT2D eigenvalue weighted by molar-refractivity contribution is 7.95. The Bertz CT molecular complexity index is 1290. The van der Waals surface area contributed by atoms with E-state index in [4.69, 9.17) is 9.47 Å². The third-order valence-corrected chi connectivity index (χ3v) is 11.9. The lowest BCUT2D eigenvalue weighted by Gasteiger charge is -2.28. The molecule has 1 unspecified atom stereocenters. The molecule has 3 aromatic rings. The van der Waals surface area contributed by atoms with Gasteiger partial charge in [-0.05, 0) is 110 Å². The lowest BCUT2D eigenvalue weighted by Crippen LogP contribution is -2.48. The fraction of sp³-hybridized carbons (Fsp3) is 0.447. The second kappa shape index (κ2) is 17.9. The van der Waals surface area contributed by atoms with E-state index in [1.54, 1.807) is 20.8 Å². The van der Waals surface area contributed by atoms with Crippen molar-refractivity contribution in [1.82, 2.24) is 16.0 Å². The van der Waals surface area contributed by atoms with Crippen molar-refractivity contribution in [3.63, 3.8) is 0 Å². The molecule has 9 heteroatoms. The first-order valence-corrected chi connectivity index (χ1v) is 18.6. The van der Waals surface area contributed by atoms with Crippen LogP contribution in [0.3, 0.4) is 0 Å². The topological polar surface area (TPSA) is 106 Å². The van der Waals surface area contributed by atoms with Crippen molar-refractivity contribution in [1.29, 1.82) is 0 Å². The zero-order valence-electron chi connectivity index (χ0n) is 28.9. The molecule has 1 atom stereocenters. The van der Waals surface area contributed by atoms with Crippen LogP contribution in [0.5, 0.6) is 0 Å². The van der Waals surface area contributed by atoms with Crippen LogP contribution in [-0.2, 0) is 14.3 Å². The minimum absolute atomic E-state index is 0.244. The number of carbonyl (C=O) groups is 3. The molecule has 47 heavy (non-hydrogen) atoms. The minimum atomic E-state index is -1.94. The number of benzene rings is 3. The number of hydrogen-bond acceptors (Lipinski definition) is 5. The van der Waals surface area contributed by atoms with E-state index >= 15 is 0 Å². The van der Waals surface area contributed by atoms with Gasteiger partial charge in [0.25, 0.3) is 0 Å². The van der Waals surface area contributed by atoms with E-state index in [9.17, 15) is 14.4 Å². The number of unbranched alkanes of at least 4 members (excludes halogenated alkanes) is 2. The average Bonchev–Trinajstić information content (AvgIpc) is 3.01. The molecule has 254 valence electrons. The van der Waals surface area contributed by atoms with E-state index < -0.39 is 36.7 Å². The summed E-state index contributed by atoms with van der Waals surface area (Å²) in [7, 11) is -1.94. The van der Waals surface area contributed by atoms with E-state index in [-0.39, 0.29) is 5.91 Å². The van der Waals surface area contributed by atoms with E-state index in [2.05, 4.69) is 107 Å². The number of ether oxygens (including phenoxy) is 2. The van der Waals surface area contributed by atoms with Gasteiger partial charge >= 0.3 is 12.2 Å². The van der Waals surface area contributed by atoms with Crippen molar-refractivity contribution in [2.75, 3.05) is 19.3 Å². The maximum atomic E-state index is 13.3. The van der Waals surface area contributed by atoms with Crippen LogP contribution in [0.2, 0.25) is 0 Å². The van der Waals surface area contributed by atoms with E-state index in [1.165, 1.54) is 15.9 Å². The first-order chi connectivity index (χ1) is 22.3. The van der Waals surface area contributed by atoms with Gasteiger partial charge in [0.2, 0.25) is 5.91 Å². The first-order valence-electron chi connectivity index (χ1n) is 16.6. The number of amides is 3. The normalized spacial score (nSPS) is 12.5. The highest BCUT2D eigenvalue weighted by atomic mass is 31.2. The Balaban J connectivity index is 1.63. The van der Waals surface area contributed by atoms with Crippen LogP contribution in [0.4, 0.5) is 9.59 Å². The van der Waals surface area contributed by atoms with Crippen molar-refractivity contribution in [3.05, 3.63) is 91.0 Å². The number of hydrogen-bond donors (Lipinski definition) is 3. The van der Waals surface area contributed by atoms with Gasteiger partial charge in [-0.25, -0.2) is 9.59 Å². The minimum Gasteiger partial charge on any atom is -0.444 e. The van der Waals surface area contributed by atoms with Gasteiger partial charge < -0.3 is 25.4 Å². The fourth-order valence-corrected chi connectivity index (χ4v) is 9.80. The summed E-state index contributed by atoms with van der Waals surface area (Å²) < 4.78 is 10.7. The lowest BCUT2D eigenvalue weighted by atomic mass is 10.1. The molecule has 3 amide bonds. The molecule has 3 rings (SSSR count). The molecule has 0 fully saturated rings. The van der Waals surface area contributed by atoms with Crippen molar-refractivity contribution in [2.45, 2.75) is 90.9 Å². The number of alkyl carbamates (subject to hydrolysis) is 2. The molecule has 0 bridgehead atoms. The SMILES string of the molecule is CC(C)(C)OC(=O)NCCCCC(NC(=O)OC(C)(C)C)C(=O)NCCCC[P+](c1ccccc1)(c1ccccc1)c1ccccc1. The number of rotatable bonds is 15.